The van der Waals surface area contributed by atoms with Crippen molar-refractivity contribution in [1.29, 1.82) is 0 Å². The van der Waals surface area contributed by atoms with E-state index in [4.69, 9.17) is 16.3 Å². The standard InChI is InChI=1S/C12H16ClNO2/c1-3-16-12(15)8-11(14-2)9-4-6-10(13)7-5-9/h4-7,11,14H,3,8H2,1-2H3/t11-/m0/s1. The molecule has 1 rings (SSSR count). The van der Waals surface area contributed by atoms with Crippen LogP contribution in [0.1, 0.15) is 24.9 Å². The molecule has 0 aliphatic heterocycles. The molecule has 0 radical (unpaired) electrons. The number of rotatable bonds is 5. The summed E-state index contributed by atoms with van der Waals surface area (Å²) >= 11 is 5.80. The number of carbonyl (C=O) groups excluding carboxylic acids is 1. The number of esters is 1. The monoisotopic (exact) mass is 241 g/mol. The van der Waals surface area contributed by atoms with Gasteiger partial charge in [0.1, 0.15) is 0 Å². The lowest BCUT2D eigenvalue weighted by atomic mass is 10.0. The molecule has 0 fully saturated rings. The number of nitrogens with one attached hydrogen (secondary N) is 1. The molecule has 1 aromatic carbocycles. The quantitative estimate of drug-likeness (QED) is 0.806. The van der Waals surface area contributed by atoms with E-state index in [1.54, 1.807) is 6.92 Å². The van der Waals surface area contributed by atoms with Gasteiger partial charge in [0.05, 0.1) is 13.0 Å². The minimum absolute atomic E-state index is 0.0312. The first-order valence-corrected chi connectivity index (χ1v) is 5.63. The Morgan fingerprint density at radius 1 is 1.44 bits per heavy atom. The number of carbonyl (C=O) groups is 1. The third kappa shape index (κ3) is 3.83. The van der Waals surface area contributed by atoms with Crippen molar-refractivity contribution >= 4 is 17.6 Å². The van der Waals surface area contributed by atoms with Crippen LogP contribution in [0, 0.1) is 0 Å². The van der Waals surface area contributed by atoms with Crippen molar-refractivity contribution in [3.63, 3.8) is 0 Å². The lowest BCUT2D eigenvalue weighted by Crippen LogP contribution is -2.21. The molecule has 0 aromatic heterocycles. The van der Waals surface area contributed by atoms with Gasteiger partial charge in [0.2, 0.25) is 0 Å². The average Bonchev–Trinajstić information content (AvgIpc) is 2.27. The summed E-state index contributed by atoms with van der Waals surface area (Å²) in [5, 5.41) is 3.77. The zero-order valence-electron chi connectivity index (χ0n) is 9.50. The number of halogens is 1. The van der Waals surface area contributed by atoms with E-state index in [-0.39, 0.29) is 12.0 Å². The van der Waals surface area contributed by atoms with Crippen LogP contribution in [0.4, 0.5) is 0 Å². The van der Waals surface area contributed by atoms with Crippen LogP contribution in [0.2, 0.25) is 5.02 Å². The van der Waals surface area contributed by atoms with Gasteiger partial charge in [-0.25, -0.2) is 0 Å². The van der Waals surface area contributed by atoms with Crippen LogP contribution in [-0.2, 0) is 9.53 Å². The molecule has 4 heteroatoms. The number of hydrogen-bond donors (Lipinski definition) is 1. The van der Waals surface area contributed by atoms with E-state index in [0.29, 0.717) is 18.1 Å². The smallest absolute Gasteiger partial charge is 0.307 e. The SMILES string of the molecule is CCOC(=O)C[C@H](NC)c1ccc(Cl)cc1. The second-order valence-electron chi connectivity index (χ2n) is 3.40. The highest BCUT2D eigenvalue weighted by molar-refractivity contribution is 6.30. The van der Waals surface area contributed by atoms with E-state index in [9.17, 15) is 4.79 Å². The van der Waals surface area contributed by atoms with Crippen LogP contribution in [0.3, 0.4) is 0 Å². The molecule has 1 N–H and O–H groups in total. The van der Waals surface area contributed by atoms with Gasteiger partial charge < -0.3 is 10.1 Å². The van der Waals surface area contributed by atoms with Crippen LogP contribution in [-0.4, -0.2) is 19.6 Å². The molecule has 3 nitrogen and oxygen atoms in total. The maximum Gasteiger partial charge on any atom is 0.307 e. The molecule has 0 unspecified atom stereocenters. The average molecular weight is 242 g/mol. The Labute approximate surface area is 101 Å². The summed E-state index contributed by atoms with van der Waals surface area (Å²) in [6.07, 6.45) is 0.325. The summed E-state index contributed by atoms with van der Waals surface area (Å²) in [7, 11) is 1.82. The Kier molecular flexibility index (Phi) is 5.29. The summed E-state index contributed by atoms with van der Waals surface area (Å²) in [4.78, 5) is 11.4. The van der Waals surface area contributed by atoms with Crippen molar-refractivity contribution < 1.29 is 9.53 Å². The van der Waals surface area contributed by atoms with Crippen molar-refractivity contribution in [3.05, 3.63) is 34.9 Å². The van der Waals surface area contributed by atoms with Crippen molar-refractivity contribution in [1.82, 2.24) is 5.32 Å². The number of benzene rings is 1. The molecule has 0 spiro atoms. The minimum atomic E-state index is -0.197. The van der Waals surface area contributed by atoms with Gasteiger partial charge in [0.15, 0.2) is 0 Å². The predicted molar refractivity (Wildman–Crippen MR) is 64.5 cm³/mol. The van der Waals surface area contributed by atoms with Gasteiger partial charge in [0, 0.05) is 11.1 Å². The fraction of sp³-hybridized carbons (Fsp3) is 0.417. The maximum atomic E-state index is 11.4. The van der Waals surface area contributed by atoms with Crippen LogP contribution >= 0.6 is 11.6 Å². The van der Waals surface area contributed by atoms with Crippen LogP contribution in [0.25, 0.3) is 0 Å². The molecule has 0 bridgehead atoms. The highest BCUT2D eigenvalue weighted by Gasteiger charge is 2.14. The minimum Gasteiger partial charge on any atom is -0.466 e. The Hall–Kier alpha value is -1.06. The van der Waals surface area contributed by atoms with E-state index >= 15 is 0 Å². The molecule has 1 aromatic rings. The predicted octanol–water partition coefficient (Wildman–Crippen LogP) is 2.55. The van der Waals surface area contributed by atoms with Gasteiger partial charge in [-0.3, -0.25) is 4.79 Å². The summed E-state index contributed by atoms with van der Waals surface area (Å²) in [6.45, 7) is 2.21. The molecule has 0 aliphatic carbocycles. The zero-order valence-corrected chi connectivity index (χ0v) is 10.3. The summed E-state index contributed by atoms with van der Waals surface area (Å²) in [6, 6.07) is 7.40. The van der Waals surface area contributed by atoms with Gasteiger partial charge >= 0.3 is 5.97 Å². The van der Waals surface area contributed by atoms with E-state index in [1.165, 1.54) is 0 Å². The van der Waals surface area contributed by atoms with Crippen molar-refractivity contribution in [3.8, 4) is 0 Å². The van der Waals surface area contributed by atoms with Gasteiger partial charge in [-0.05, 0) is 31.7 Å². The van der Waals surface area contributed by atoms with Gasteiger partial charge in [-0.1, -0.05) is 23.7 Å². The summed E-state index contributed by atoms with van der Waals surface area (Å²) in [5.41, 5.74) is 1.03. The molecule has 0 aliphatic rings. The molecular formula is C12H16ClNO2. The third-order valence-corrected chi connectivity index (χ3v) is 2.55. The van der Waals surface area contributed by atoms with Crippen LogP contribution in [0.15, 0.2) is 24.3 Å². The Morgan fingerprint density at radius 2 is 2.06 bits per heavy atom. The van der Waals surface area contributed by atoms with Crippen molar-refractivity contribution in [2.45, 2.75) is 19.4 Å². The largest absolute Gasteiger partial charge is 0.466 e. The molecular weight excluding hydrogens is 226 g/mol. The lowest BCUT2D eigenvalue weighted by molar-refractivity contribution is -0.143. The molecule has 88 valence electrons. The first kappa shape index (κ1) is 13.0. The topological polar surface area (TPSA) is 38.3 Å². The summed E-state index contributed by atoms with van der Waals surface area (Å²) in [5.74, 6) is -0.197. The second-order valence-corrected chi connectivity index (χ2v) is 3.84. The Morgan fingerprint density at radius 3 is 2.56 bits per heavy atom. The van der Waals surface area contributed by atoms with Crippen molar-refractivity contribution in [2.75, 3.05) is 13.7 Å². The molecule has 0 saturated heterocycles. The van der Waals surface area contributed by atoms with Gasteiger partial charge in [-0.15, -0.1) is 0 Å². The van der Waals surface area contributed by atoms with E-state index in [1.807, 2.05) is 31.3 Å². The highest BCUT2D eigenvalue weighted by atomic mass is 35.5. The van der Waals surface area contributed by atoms with Gasteiger partial charge in [-0.2, -0.15) is 0 Å². The molecule has 0 amide bonds. The van der Waals surface area contributed by atoms with E-state index in [2.05, 4.69) is 5.32 Å². The third-order valence-electron chi connectivity index (χ3n) is 2.30. The molecule has 0 saturated carbocycles. The lowest BCUT2D eigenvalue weighted by Gasteiger charge is -2.15. The second kappa shape index (κ2) is 6.51. The van der Waals surface area contributed by atoms with Crippen LogP contribution in [0.5, 0.6) is 0 Å². The van der Waals surface area contributed by atoms with E-state index < -0.39 is 0 Å². The van der Waals surface area contributed by atoms with Crippen molar-refractivity contribution in [2.24, 2.45) is 0 Å². The van der Waals surface area contributed by atoms with Crippen LogP contribution < -0.4 is 5.32 Å². The molecule has 1 atom stereocenters. The maximum absolute atomic E-state index is 11.4. The first-order valence-electron chi connectivity index (χ1n) is 5.25. The Balaban J connectivity index is 2.67. The van der Waals surface area contributed by atoms with E-state index in [0.717, 1.165) is 5.56 Å². The van der Waals surface area contributed by atoms with Gasteiger partial charge in [0.25, 0.3) is 0 Å². The first-order chi connectivity index (χ1) is 7.67. The highest BCUT2D eigenvalue weighted by Crippen LogP contribution is 2.19. The Bertz CT molecular complexity index is 337. The fourth-order valence-electron chi connectivity index (χ4n) is 1.47. The fourth-order valence-corrected chi connectivity index (χ4v) is 1.59. The molecule has 16 heavy (non-hydrogen) atoms. The summed E-state index contributed by atoms with van der Waals surface area (Å²) < 4.78 is 4.91. The zero-order chi connectivity index (χ0) is 12.0. The normalized spacial score (nSPS) is 12.2. The molecule has 0 heterocycles. The number of hydrogen-bond acceptors (Lipinski definition) is 3. The number of ether oxygens (including phenoxy) is 1.